The molecule has 0 saturated heterocycles. The second kappa shape index (κ2) is 6.38. The molecule has 0 radical (unpaired) electrons. The number of rotatable bonds is 5. The molecule has 108 valence electrons. The average Bonchev–Trinajstić information content (AvgIpc) is 2.38. The van der Waals surface area contributed by atoms with Crippen molar-refractivity contribution in [2.24, 2.45) is 0 Å². The molecule has 1 amide bonds. The van der Waals surface area contributed by atoms with Crippen LogP contribution in [0.25, 0.3) is 0 Å². The first-order valence-corrected chi connectivity index (χ1v) is 6.52. The highest BCUT2D eigenvalue weighted by atomic mass is 16.5. The lowest BCUT2D eigenvalue weighted by molar-refractivity contribution is -0.133. The molecule has 0 aliphatic carbocycles. The number of nitrogens with zero attached hydrogens (tertiary/aromatic N) is 2. The predicted octanol–water partition coefficient (Wildman–Crippen LogP) is 0.0898. The van der Waals surface area contributed by atoms with E-state index in [-0.39, 0.29) is 25.0 Å². The van der Waals surface area contributed by atoms with Crippen LogP contribution in [0.15, 0.2) is 24.3 Å². The van der Waals surface area contributed by atoms with Gasteiger partial charge in [0.2, 0.25) is 5.91 Å². The Bertz CT molecular complexity index is 502. The van der Waals surface area contributed by atoms with Crippen LogP contribution in [0.4, 0.5) is 5.69 Å². The first-order chi connectivity index (χ1) is 9.56. The van der Waals surface area contributed by atoms with E-state index in [4.69, 9.17) is 4.74 Å². The van der Waals surface area contributed by atoms with Crippen LogP contribution in [0.1, 0.15) is 0 Å². The molecule has 0 fully saturated rings. The van der Waals surface area contributed by atoms with Gasteiger partial charge in [-0.1, -0.05) is 12.1 Å². The first-order valence-electron chi connectivity index (χ1n) is 6.52. The number of hydrogen-bond donors (Lipinski definition) is 1. The number of amides is 1. The summed E-state index contributed by atoms with van der Waals surface area (Å²) in [6, 6.07) is 7.22. The zero-order chi connectivity index (χ0) is 14.5. The molecule has 1 aromatic carbocycles. The van der Waals surface area contributed by atoms with E-state index in [1.807, 2.05) is 31.1 Å². The predicted molar refractivity (Wildman–Crippen MR) is 75.9 cm³/mol. The molecule has 6 nitrogen and oxygen atoms in total. The minimum absolute atomic E-state index is 0.0954. The van der Waals surface area contributed by atoms with Gasteiger partial charge in [0.15, 0.2) is 5.75 Å². The van der Waals surface area contributed by atoms with Gasteiger partial charge in [0.1, 0.15) is 6.54 Å². The third-order valence-electron chi connectivity index (χ3n) is 2.97. The smallest absolute Gasteiger partial charge is 0.331 e. The van der Waals surface area contributed by atoms with Gasteiger partial charge in [-0.15, -0.1) is 0 Å². The highest BCUT2D eigenvalue weighted by Gasteiger charge is 2.24. The van der Waals surface area contributed by atoms with E-state index in [0.717, 1.165) is 12.2 Å². The lowest BCUT2D eigenvalue weighted by Crippen LogP contribution is -2.44. The fraction of sp³-hybridized carbons (Fsp3) is 0.429. The van der Waals surface area contributed by atoms with Crippen molar-refractivity contribution in [1.82, 2.24) is 10.2 Å². The zero-order valence-electron chi connectivity index (χ0n) is 11.8. The Morgan fingerprint density at radius 2 is 2.15 bits per heavy atom. The molecular weight excluding hydrogens is 258 g/mol. The molecule has 2 rings (SSSR count). The van der Waals surface area contributed by atoms with Crippen molar-refractivity contribution in [2.45, 2.75) is 0 Å². The second-order valence-corrected chi connectivity index (χ2v) is 4.95. The maximum Gasteiger partial charge on any atom is 0.331 e. The van der Waals surface area contributed by atoms with Crippen molar-refractivity contribution in [1.29, 1.82) is 0 Å². The maximum atomic E-state index is 11.9. The van der Waals surface area contributed by atoms with E-state index < -0.39 is 0 Å². The van der Waals surface area contributed by atoms with Gasteiger partial charge in [-0.3, -0.25) is 4.79 Å². The molecule has 0 atom stereocenters. The SMILES string of the molecule is CN(C)CCNC(=O)CN1CC(=O)Oc2ccccc21. The number of carbonyl (C=O) groups excluding carboxylic acids is 2. The molecule has 0 unspecified atom stereocenters. The number of para-hydroxylation sites is 2. The summed E-state index contributed by atoms with van der Waals surface area (Å²) in [6.07, 6.45) is 0. The number of likely N-dealkylation sites (N-methyl/N-ethyl adjacent to an activating group) is 1. The van der Waals surface area contributed by atoms with Gasteiger partial charge in [-0.05, 0) is 26.2 Å². The van der Waals surface area contributed by atoms with Crippen LogP contribution in [0.2, 0.25) is 0 Å². The lowest BCUT2D eigenvalue weighted by atomic mass is 10.2. The third kappa shape index (κ3) is 3.71. The van der Waals surface area contributed by atoms with Gasteiger partial charge in [0.05, 0.1) is 12.2 Å². The summed E-state index contributed by atoms with van der Waals surface area (Å²) < 4.78 is 5.14. The van der Waals surface area contributed by atoms with Gasteiger partial charge < -0.3 is 19.9 Å². The quantitative estimate of drug-likeness (QED) is 0.610. The fourth-order valence-corrected chi connectivity index (χ4v) is 1.99. The minimum atomic E-state index is -0.343. The van der Waals surface area contributed by atoms with Crippen molar-refractivity contribution in [3.8, 4) is 5.75 Å². The Morgan fingerprint density at radius 3 is 2.90 bits per heavy atom. The number of ether oxygens (including phenoxy) is 1. The summed E-state index contributed by atoms with van der Waals surface area (Å²) >= 11 is 0. The van der Waals surface area contributed by atoms with E-state index in [1.54, 1.807) is 17.0 Å². The van der Waals surface area contributed by atoms with E-state index >= 15 is 0 Å². The number of esters is 1. The molecule has 0 saturated carbocycles. The highest BCUT2D eigenvalue weighted by molar-refractivity contribution is 5.89. The molecule has 1 aliphatic heterocycles. The van der Waals surface area contributed by atoms with Crippen molar-refractivity contribution in [3.05, 3.63) is 24.3 Å². The topological polar surface area (TPSA) is 61.9 Å². The summed E-state index contributed by atoms with van der Waals surface area (Å²) in [7, 11) is 3.89. The van der Waals surface area contributed by atoms with E-state index in [9.17, 15) is 9.59 Å². The monoisotopic (exact) mass is 277 g/mol. The van der Waals surface area contributed by atoms with E-state index in [2.05, 4.69) is 5.32 Å². The Hall–Kier alpha value is -2.08. The summed E-state index contributed by atoms with van der Waals surface area (Å²) in [6.45, 7) is 1.62. The van der Waals surface area contributed by atoms with Crippen LogP contribution in [-0.4, -0.2) is 57.1 Å². The number of fused-ring (bicyclic) bond motifs is 1. The molecule has 0 bridgehead atoms. The van der Waals surface area contributed by atoms with Crippen molar-refractivity contribution in [2.75, 3.05) is 45.2 Å². The van der Waals surface area contributed by atoms with E-state index in [1.165, 1.54) is 0 Å². The summed E-state index contributed by atoms with van der Waals surface area (Å²) in [5.74, 6) is 0.0611. The number of carbonyl (C=O) groups is 2. The Morgan fingerprint density at radius 1 is 1.40 bits per heavy atom. The Labute approximate surface area is 118 Å². The second-order valence-electron chi connectivity index (χ2n) is 4.95. The number of benzene rings is 1. The molecule has 1 aromatic rings. The first kappa shape index (κ1) is 14.3. The average molecular weight is 277 g/mol. The van der Waals surface area contributed by atoms with E-state index in [0.29, 0.717) is 12.3 Å². The normalized spacial score (nSPS) is 13.9. The molecule has 6 heteroatoms. The summed E-state index contributed by atoms with van der Waals surface area (Å²) in [5, 5.41) is 2.83. The Balaban J connectivity index is 1.96. The fourth-order valence-electron chi connectivity index (χ4n) is 1.99. The highest BCUT2D eigenvalue weighted by Crippen LogP contribution is 2.30. The molecular formula is C14H19N3O3. The third-order valence-corrected chi connectivity index (χ3v) is 2.97. The van der Waals surface area contributed by atoms with Crippen molar-refractivity contribution in [3.63, 3.8) is 0 Å². The number of nitrogens with one attached hydrogen (secondary N) is 1. The zero-order valence-corrected chi connectivity index (χ0v) is 11.8. The van der Waals surface area contributed by atoms with Gasteiger partial charge in [-0.25, -0.2) is 4.79 Å². The molecule has 20 heavy (non-hydrogen) atoms. The summed E-state index contributed by atoms with van der Waals surface area (Å²) in [5.41, 5.74) is 0.773. The number of hydrogen-bond acceptors (Lipinski definition) is 5. The van der Waals surface area contributed by atoms with Crippen LogP contribution in [0.3, 0.4) is 0 Å². The maximum absolute atomic E-state index is 11.9. The van der Waals surface area contributed by atoms with Crippen LogP contribution in [0, 0.1) is 0 Å². The minimum Gasteiger partial charge on any atom is -0.423 e. The van der Waals surface area contributed by atoms with Crippen molar-refractivity contribution < 1.29 is 14.3 Å². The van der Waals surface area contributed by atoms with Gasteiger partial charge in [0.25, 0.3) is 0 Å². The molecule has 1 aliphatic rings. The Kier molecular flexibility index (Phi) is 4.57. The van der Waals surface area contributed by atoms with Gasteiger partial charge >= 0.3 is 5.97 Å². The summed E-state index contributed by atoms with van der Waals surface area (Å²) in [4.78, 5) is 27.1. The van der Waals surface area contributed by atoms with Gasteiger partial charge in [0, 0.05) is 13.1 Å². The molecule has 0 spiro atoms. The van der Waals surface area contributed by atoms with Crippen LogP contribution >= 0.6 is 0 Å². The molecule has 1 N–H and O–H groups in total. The van der Waals surface area contributed by atoms with Crippen LogP contribution in [-0.2, 0) is 9.59 Å². The standard InChI is InChI=1S/C14H19N3O3/c1-16(2)8-7-15-13(18)9-17-10-14(19)20-12-6-4-3-5-11(12)17/h3-6H,7-10H2,1-2H3,(H,15,18). The molecule has 1 heterocycles. The van der Waals surface area contributed by atoms with Crippen molar-refractivity contribution >= 4 is 17.6 Å². The largest absolute Gasteiger partial charge is 0.423 e. The molecule has 0 aromatic heterocycles. The number of anilines is 1. The van der Waals surface area contributed by atoms with Crippen LogP contribution < -0.4 is 15.0 Å². The van der Waals surface area contributed by atoms with Gasteiger partial charge in [-0.2, -0.15) is 0 Å². The van der Waals surface area contributed by atoms with Crippen LogP contribution in [0.5, 0.6) is 5.75 Å². The lowest BCUT2D eigenvalue weighted by Gasteiger charge is -2.29.